The van der Waals surface area contributed by atoms with Gasteiger partial charge in [0.15, 0.2) is 0 Å². The fourth-order valence-electron chi connectivity index (χ4n) is 1.39. The molecule has 0 aliphatic carbocycles. The van der Waals surface area contributed by atoms with Crippen LogP contribution >= 0.6 is 0 Å². The molecule has 1 radical (unpaired) electrons. The van der Waals surface area contributed by atoms with Gasteiger partial charge in [0.25, 0.3) is 0 Å². The predicted molar refractivity (Wildman–Crippen MR) is 69.4 cm³/mol. The molecule has 0 unspecified atom stereocenters. The number of anilines is 1. The standard InChI is InChI=1S/C15H12NO/c17-15(16-14-9-5-2-6-10-14)12-11-13-7-3-1-4-8-13/h2-12H,(H,16,17). The molecule has 0 fully saturated rings. The Morgan fingerprint density at radius 3 is 2.47 bits per heavy atom. The number of nitrogens with one attached hydrogen (secondary N) is 1. The highest BCUT2D eigenvalue weighted by Gasteiger charge is 1.95. The molecule has 2 rings (SSSR count). The lowest BCUT2D eigenvalue weighted by molar-refractivity contribution is -0.111. The molecule has 0 heterocycles. The molecule has 0 spiro atoms. The summed E-state index contributed by atoms with van der Waals surface area (Å²) in [5, 5.41) is 2.78. The van der Waals surface area contributed by atoms with E-state index in [1.807, 2.05) is 54.6 Å². The second kappa shape index (κ2) is 5.66. The van der Waals surface area contributed by atoms with Crippen LogP contribution in [-0.4, -0.2) is 5.91 Å². The van der Waals surface area contributed by atoms with Crippen molar-refractivity contribution in [3.05, 3.63) is 72.3 Å². The molecule has 2 aromatic carbocycles. The summed E-state index contributed by atoms with van der Waals surface area (Å²) < 4.78 is 0. The third-order valence-corrected chi connectivity index (χ3v) is 2.21. The number of rotatable bonds is 3. The first kappa shape index (κ1) is 11.1. The van der Waals surface area contributed by atoms with Gasteiger partial charge in [-0.05, 0) is 29.8 Å². The van der Waals surface area contributed by atoms with E-state index in [0.29, 0.717) is 0 Å². The van der Waals surface area contributed by atoms with Gasteiger partial charge in [0.2, 0.25) is 5.91 Å². The minimum absolute atomic E-state index is 0.135. The molecule has 0 atom stereocenters. The molecule has 2 nitrogen and oxygen atoms in total. The molecule has 1 amide bonds. The minimum atomic E-state index is -0.135. The van der Waals surface area contributed by atoms with Gasteiger partial charge in [-0.1, -0.05) is 42.5 Å². The lowest BCUT2D eigenvalue weighted by atomic mass is 10.2. The van der Waals surface area contributed by atoms with E-state index in [-0.39, 0.29) is 5.91 Å². The number of hydrogen-bond acceptors (Lipinski definition) is 1. The highest BCUT2D eigenvalue weighted by Crippen LogP contribution is 2.05. The number of carbonyl (C=O) groups excluding carboxylic acids is 1. The van der Waals surface area contributed by atoms with Crippen LogP contribution in [0.15, 0.2) is 60.7 Å². The van der Waals surface area contributed by atoms with E-state index in [1.54, 1.807) is 6.08 Å². The fraction of sp³-hybridized carbons (Fsp3) is 0. The molecular formula is C15H12NO. The summed E-state index contributed by atoms with van der Waals surface area (Å²) in [5.41, 5.74) is 1.77. The van der Waals surface area contributed by atoms with E-state index in [4.69, 9.17) is 0 Å². The molecule has 0 saturated carbocycles. The number of benzene rings is 2. The van der Waals surface area contributed by atoms with Crippen molar-refractivity contribution in [2.75, 3.05) is 5.32 Å². The number of carbonyl (C=O) groups is 1. The molecule has 83 valence electrons. The smallest absolute Gasteiger partial charge is 0.248 e. The summed E-state index contributed by atoms with van der Waals surface area (Å²) in [6.07, 6.45) is 3.29. The van der Waals surface area contributed by atoms with E-state index in [1.165, 1.54) is 6.08 Å². The normalized spacial score (nSPS) is 10.4. The molecule has 0 bridgehead atoms. The summed E-state index contributed by atoms with van der Waals surface area (Å²) in [4.78, 5) is 11.6. The highest BCUT2D eigenvalue weighted by atomic mass is 16.1. The van der Waals surface area contributed by atoms with Crippen LogP contribution in [-0.2, 0) is 4.79 Å². The Morgan fingerprint density at radius 1 is 1.06 bits per heavy atom. The van der Waals surface area contributed by atoms with Crippen molar-refractivity contribution in [1.29, 1.82) is 0 Å². The van der Waals surface area contributed by atoms with Gasteiger partial charge in [-0.2, -0.15) is 0 Å². The summed E-state index contributed by atoms with van der Waals surface area (Å²) in [5.74, 6) is -0.135. The Hall–Kier alpha value is -2.35. The average Bonchev–Trinajstić information content (AvgIpc) is 2.39. The summed E-state index contributed by atoms with van der Waals surface area (Å²) in [7, 11) is 0. The van der Waals surface area contributed by atoms with Crippen LogP contribution < -0.4 is 5.32 Å². The average molecular weight is 222 g/mol. The monoisotopic (exact) mass is 222 g/mol. The summed E-state index contributed by atoms with van der Waals surface area (Å²) in [6, 6.07) is 19.7. The van der Waals surface area contributed by atoms with E-state index in [2.05, 4.69) is 11.4 Å². The quantitative estimate of drug-likeness (QED) is 0.794. The molecule has 17 heavy (non-hydrogen) atoms. The van der Waals surface area contributed by atoms with Gasteiger partial charge in [0.1, 0.15) is 0 Å². The van der Waals surface area contributed by atoms with Crippen LogP contribution in [0, 0.1) is 6.07 Å². The van der Waals surface area contributed by atoms with Gasteiger partial charge in [-0.25, -0.2) is 0 Å². The van der Waals surface area contributed by atoms with Crippen molar-refractivity contribution in [1.82, 2.24) is 0 Å². The van der Waals surface area contributed by atoms with Crippen LogP contribution in [0.25, 0.3) is 6.08 Å². The predicted octanol–water partition coefficient (Wildman–Crippen LogP) is 3.14. The molecular weight excluding hydrogens is 210 g/mol. The van der Waals surface area contributed by atoms with E-state index in [0.717, 1.165) is 11.3 Å². The zero-order valence-electron chi connectivity index (χ0n) is 9.26. The van der Waals surface area contributed by atoms with Crippen molar-refractivity contribution < 1.29 is 4.79 Å². The maximum Gasteiger partial charge on any atom is 0.248 e. The zero-order chi connectivity index (χ0) is 11.9. The Balaban J connectivity index is 1.96. The van der Waals surface area contributed by atoms with Crippen molar-refractivity contribution in [3.8, 4) is 0 Å². The molecule has 0 aromatic heterocycles. The van der Waals surface area contributed by atoms with Crippen LogP contribution in [0.2, 0.25) is 0 Å². The van der Waals surface area contributed by atoms with Crippen LogP contribution in [0.3, 0.4) is 0 Å². The van der Waals surface area contributed by atoms with E-state index in [9.17, 15) is 4.79 Å². The lowest BCUT2D eigenvalue weighted by Gasteiger charge is -2.00. The molecule has 0 aliphatic rings. The molecule has 0 aliphatic heterocycles. The molecule has 0 saturated heterocycles. The number of hydrogen-bond donors (Lipinski definition) is 1. The van der Waals surface area contributed by atoms with Crippen molar-refractivity contribution in [3.63, 3.8) is 0 Å². The summed E-state index contributed by atoms with van der Waals surface area (Å²) >= 11 is 0. The second-order valence-corrected chi connectivity index (χ2v) is 3.52. The van der Waals surface area contributed by atoms with Crippen LogP contribution in [0.1, 0.15) is 5.56 Å². The van der Waals surface area contributed by atoms with Gasteiger partial charge in [0, 0.05) is 11.8 Å². The highest BCUT2D eigenvalue weighted by molar-refractivity contribution is 6.01. The fourth-order valence-corrected chi connectivity index (χ4v) is 1.39. The third kappa shape index (κ3) is 3.61. The molecule has 1 N–H and O–H groups in total. The Morgan fingerprint density at radius 2 is 1.76 bits per heavy atom. The minimum Gasteiger partial charge on any atom is -0.323 e. The Labute approximate surface area is 101 Å². The first-order valence-electron chi connectivity index (χ1n) is 5.35. The van der Waals surface area contributed by atoms with Gasteiger partial charge < -0.3 is 5.32 Å². The number of amides is 1. The zero-order valence-corrected chi connectivity index (χ0v) is 9.26. The largest absolute Gasteiger partial charge is 0.323 e. The Bertz CT molecular complexity index is 503. The maximum absolute atomic E-state index is 11.6. The van der Waals surface area contributed by atoms with Gasteiger partial charge in [-0.15, -0.1) is 0 Å². The van der Waals surface area contributed by atoms with E-state index < -0.39 is 0 Å². The number of para-hydroxylation sites is 1. The maximum atomic E-state index is 11.6. The van der Waals surface area contributed by atoms with Crippen LogP contribution in [0.4, 0.5) is 5.69 Å². The van der Waals surface area contributed by atoms with Crippen molar-refractivity contribution >= 4 is 17.7 Å². The lowest BCUT2D eigenvalue weighted by Crippen LogP contribution is -2.07. The molecule has 2 heteroatoms. The second-order valence-electron chi connectivity index (χ2n) is 3.52. The third-order valence-electron chi connectivity index (χ3n) is 2.21. The van der Waals surface area contributed by atoms with Gasteiger partial charge in [0.05, 0.1) is 0 Å². The van der Waals surface area contributed by atoms with Crippen LogP contribution in [0.5, 0.6) is 0 Å². The molecule has 2 aromatic rings. The summed E-state index contributed by atoms with van der Waals surface area (Å²) in [6.45, 7) is 0. The first-order valence-corrected chi connectivity index (χ1v) is 5.35. The topological polar surface area (TPSA) is 29.1 Å². The van der Waals surface area contributed by atoms with Gasteiger partial charge >= 0.3 is 0 Å². The SMILES string of the molecule is O=C(C=Cc1cc[c]cc1)Nc1ccccc1. The van der Waals surface area contributed by atoms with Crippen molar-refractivity contribution in [2.24, 2.45) is 0 Å². The van der Waals surface area contributed by atoms with E-state index >= 15 is 0 Å². The van der Waals surface area contributed by atoms with Crippen molar-refractivity contribution in [2.45, 2.75) is 0 Å². The van der Waals surface area contributed by atoms with Gasteiger partial charge in [-0.3, -0.25) is 4.79 Å². The Kier molecular flexibility index (Phi) is 3.71. The first-order chi connectivity index (χ1) is 8.34.